The maximum Gasteiger partial charge on any atom is -0.00212 e. The summed E-state index contributed by atoms with van der Waals surface area (Å²) in [5.74, 6) is 0. The van der Waals surface area contributed by atoms with E-state index in [-0.39, 0.29) is 0 Å². The van der Waals surface area contributed by atoms with Crippen LogP contribution in [0.4, 0.5) is 0 Å². The summed E-state index contributed by atoms with van der Waals surface area (Å²) in [6.45, 7) is 9.22. The summed E-state index contributed by atoms with van der Waals surface area (Å²) in [5.41, 5.74) is 5.99. The molecule has 0 amide bonds. The Hall–Kier alpha value is -2.08. The van der Waals surface area contributed by atoms with Gasteiger partial charge in [0.15, 0.2) is 0 Å². The molecule has 4 aromatic carbocycles. The van der Waals surface area contributed by atoms with E-state index in [4.69, 9.17) is 0 Å². The van der Waals surface area contributed by atoms with Gasteiger partial charge in [0.2, 0.25) is 0 Å². The predicted molar refractivity (Wildman–Crippen MR) is 154 cm³/mol. The van der Waals surface area contributed by atoms with Crippen molar-refractivity contribution in [1.29, 1.82) is 0 Å². The number of rotatable bonds is 14. The fourth-order valence-electron chi connectivity index (χ4n) is 6.11. The quantitative estimate of drug-likeness (QED) is 0.131. The highest BCUT2D eigenvalue weighted by Crippen LogP contribution is 2.40. The van der Waals surface area contributed by atoms with Crippen molar-refractivity contribution in [2.24, 2.45) is 0 Å². The number of benzene rings is 4. The van der Waals surface area contributed by atoms with Crippen molar-refractivity contribution in [3.05, 3.63) is 58.7 Å². The van der Waals surface area contributed by atoms with Gasteiger partial charge >= 0.3 is 0 Å². The Morgan fingerprint density at radius 2 is 0.824 bits per heavy atom. The number of hydrogen-bond acceptors (Lipinski definition) is 0. The van der Waals surface area contributed by atoms with Gasteiger partial charge in [0.25, 0.3) is 0 Å². The smallest absolute Gasteiger partial charge is 0.00212 e. The van der Waals surface area contributed by atoms with E-state index in [9.17, 15) is 0 Å². The van der Waals surface area contributed by atoms with Crippen LogP contribution in [0.25, 0.3) is 32.3 Å². The predicted octanol–water partition coefficient (Wildman–Crippen LogP) is 11.0. The molecular weight excluding hydrogens is 408 g/mol. The summed E-state index contributed by atoms with van der Waals surface area (Å²) < 4.78 is 0. The molecule has 182 valence electrons. The molecule has 0 spiro atoms. The first-order valence-electron chi connectivity index (χ1n) is 14.3. The Kier molecular flexibility index (Phi) is 8.87. The largest absolute Gasteiger partial charge is 0.0654 e. The van der Waals surface area contributed by atoms with Crippen LogP contribution in [-0.2, 0) is 12.8 Å². The highest BCUT2D eigenvalue weighted by atomic mass is 14.2. The molecule has 0 aliphatic rings. The van der Waals surface area contributed by atoms with Crippen molar-refractivity contribution in [2.45, 2.75) is 118 Å². The molecule has 0 fully saturated rings. The molecule has 0 bridgehead atoms. The highest BCUT2D eigenvalue weighted by molar-refractivity contribution is 6.25. The lowest BCUT2D eigenvalue weighted by molar-refractivity contribution is 0.556. The summed E-state index contributed by atoms with van der Waals surface area (Å²) in [6.07, 6.45) is 19.0. The molecule has 0 atom stereocenters. The summed E-state index contributed by atoms with van der Waals surface area (Å²) in [4.78, 5) is 0. The van der Waals surface area contributed by atoms with E-state index in [0.717, 1.165) is 0 Å². The average Bonchev–Trinajstić information content (AvgIpc) is 2.85. The van der Waals surface area contributed by atoms with Gasteiger partial charge in [-0.05, 0) is 94.1 Å². The summed E-state index contributed by atoms with van der Waals surface area (Å²) in [5, 5.41) is 8.94. The molecule has 4 aromatic rings. The summed E-state index contributed by atoms with van der Waals surface area (Å²) >= 11 is 0. The molecule has 0 saturated carbocycles. The molecule has 0 unspecified atom stereocenters. The normalized spacial score (nSPS) is 12.0. The molecule has 4 rings (SSSR count). The lowest BCUT2D eigenvalue weighted by Gasteiger charge is -2.19. The number of unbranched alkanes of at least 4 members (excludes halogenated alkanes) is 10. The van der Waals surface area contributed by atoms with Gasteiger partial charge in [-0.2, -0.15) is 0 Å². The van der Waals surface area contributed by atoms with Gasteiger partial charge in [0.05, 0.1) is 0 Å². The van der Waals surface area contributed by atoms with Gasteiger partial charge in [0, 0.05) is 0 Å². The van der Waals surface area contributed by atoms with Gasteiger partial charge in [-0.3, -0.25) is 0 Å². The van der Waals surface area contributed by atoms with Gasteiger partial charge < -0.3 is 0 Å². The second kappa shape index (κ2) is 12.1. The minimum Gasteiger partial charge on any atom is -0.0654 e. The topological polar surface area (TPSA) is 0 Å². The zero-order chi connectivity index (χ0) is 23.9. The highest BCUT2D eigenvalue weighted by Gasteiger charge is 2.16. The van der Waals surface area contributed by atoms with Gasteiger partial charge in [0.1, 0.15) is 0 Å². The van der Waals surface area contributed by atoms with E-state index in [1.165, 1.54) is 133 Å². The first-order valence-corrected chi connectivity index (χ1v) is 14.3. The molecule has 34 heavy (non-hydrogen) atoms. The van der Waals surface area contributed by atoms with Crippen LogP contribution in [0.15, 0.2) is 36.4 Å². The molecule has 0 radical (unpaired) electrons. The van der Waals surface area contributed by atoms with Crippen LogP contribution in [0.2, 0.25) is 0 Å². The van der Waals surface area contributed by atoms with Crippen LogP contribution in [0.1, 0.15) is 113 Å². The van der Waals surface area contributed by atoms with Crippen LogP contribution in [0.5, 0.6) is 0 Å². The molecule has 0 aliphatic carbocycles. The first-order chi connectivity index (χ1) is 16.7. The SMILES string of the molecule is CCCCCCCCCCCCc1cc(C)c2ccc3c(C)cc(CCCC)c4ccc1c2c34. The Morgan fingerprint density at radius 1 is 0.441 bits per heavy atom. The van der Waals surface area contributed by atoms with Crippen LogP contribution >= 0.6 is 0 Å². The van der Waals surface area contributed by atoms with E-state index >= 15 is 0 Å². The minimum atomic E-state index is 1.19. The zero-order valence-corrected chi connectivity index (χ0v) is 22.4. The lowest BCUT2D eigenvalue weighted by atomic mass is 9.85. The van der Waals surface area contributed by atoms with E-state index in [2.05, 4.69) is 64.1 Å². The second-order valence-corrected chi connectivity index (χ2v) is 10.8. The first kappa shape index (κ1) is 25.0. The Bertz CT molecular complexity index is 1200. The summed E-state index contributed by atoms with van der Waals surface area (Å²) in [7, 11) is 0. The van der Waals surface area contributed by atoms with Crippen molar-refractivity contribution in [3.63, 3.8) is 0 Å². The van der Waals surface area contributed by atoms with Gasteiger partial charge in [-0.25, -0.2) is 0 Å². The Morgan fingerprint density at radius 3 is 1.29 bits per heavy atom. The number of hydrogen-bond donors (Lipinski definition) is 0. The minimum absolute atomic E-state index is 1.19. The van der Waals surface area contributed by atoms with Crippen molar-refractivity contribution in [3.8, 4) is 0 Å². The fraction of sp³-hybridized carbons (Fsp3) is 0.529. The standard InChI is InChI=1S/C34H46/c1-5-7-9-10-11-12-13-14-15-16-18-28-24-26(4)30-20-19-29-25(3)23-27(17-8-6-2)31-21-22-32(28)34(30)33(29)31/h19-24H,5-18H2,1-4H3. The van der Waals surface area contributed by atoms with Crippen LogP contribution in [0.3, 0.4) is 0 Å². The monoisotopic (exact) mass is 454 g/mol. The third-order valence-corrected chi connectivity index (χ3v) is 8.08. The molecule has 0 heteroatoms. The van der Waals surface area contributed by atoms with Gasteiger partial charge in [-0.15, -0.1) is 0 Å². The third-order valence-electron chi connectivity index (χ3n) is 8.08. The molecule has 0 aliphatic heterocycles. The Balaban J connectivity index is 1.52. The van der Waals surface area contributed by atoms with Crippen LogP contribution < -0.4 is 0 Å². The zero-order valence-electron chi connectivity index (χ0n) is 22.4. The maximum absolute atomic E-state index is 2.49. The van der Waals surface area contributed by atoms with Gasteiger partial charge in [-0.1, -0.05) is 114 Å². The van der Waals surface area contributed by atoms with E-state index in [0.29, 0.717) is 0 Å². The third kappa shape index (κ3) is 5.42. The van der Waals surface area contributed by atoms with Crippen molar-refractivity contribution in [2.75, 3.05) is 0 Å². The molecule has 0 nitrogen and oxygen atoms in total. The molecule has 0 aromatic heterocycles. The number of aryl methyl sites for hydroxylation is 4. The summed E-state index contributed by atoms with van der Waals surface area (Å²) in [6, 6.07) is 14.6. The van der Waals surface area contributed by atoms with Crippen LogP contribution in [-0.4, -0.2) is 0 Å². The van der Waals surface area contributed by atoms with E-state index in [1.807, 2.05) is 0 Å². The fourth-order valence-corrected chi connectivity index (χ4v) is 6.11. The molecule has 0 heterocycles. The maximum atomic E-state index is 2.49. The van der Waals surface area contributed by atoms with Crippen molar-refractivity contribution < 1.29 is 0 Å². The second-order valence-electron chi connectivity index (χ2n) is 10.8. The Labute approximate surface area is 208 Å². The van der Waals surface area contributed by atoms with E-state index < -0.39 is 0 Å². The van der Waals surface area contributed by atoms with Crippen molar-refractivity contribution >= 4 is 32.3 Å². The van der Waals surface area contributed by atoms with Crippen molar-refractivity contribution in [1.82, 2.24) is 0 Å². The van der Waals surface area contributed by atoms with E-state index in [1.54, 1.807) is 11.1 Å². The molecular formula is C34H46. The lowest BCUT2D eigenvalue weighted by Crippen LogP contribution is -1.97. The molecule has 0 N–H and O–H groups in total. The molecule has 0 saturated heterocycles. The van der Waals surface area contributed by atoms with Crippen LogP contribution in [0, 0.1) is 13.8 Å². The average molecular weight is 455 g/mol.